The van der Waals surface area contributed by atoms with Gasteiger partial charge in [0.15, 0.2) is 0 Å². The molecule has 2 rings (SSSR count). The van der Waals surface area contributed by atoms with Crippen molar-refractivity contribution in [1.29, 1.82) is 0 Å². The molecule has 2 nitrogen and oxygen atoms in total. The summed E-state index contributed by atoms with van der Waals surface area (Å²) in [5, 5.41) is 8.95. The number of hydrogen-bond acceptors (Lipinski definition) is 2. The van der Waals surface area contributed by atoms with Gasteiger partial charge in [0.2, 0.25) is 0 Å². The molecule has 0 radical (unpaired) electrons. The van der Waals surface area contributed by atoms with Crippen molar-refractivity contribution in [3.8, 4) is 5.75 Å². The van der Waals surface area contributed by atoms with Crippen LogP contribution in [0.15, 0.2) is 42.5 Å². The summed E-state index contributed by atoms with van der Waals surface area (Å²) in [7, 11) is 0. The van der Waals surface area contributed by atoms with E-state index >= 15 is 0 Å². The molecule has 1 N–H and O–H groups in total. The highest BCUT2D eigenvalue weighted by atomic mass is 35.5. The minimum Gasteiger partial charge on any atom is -0.493 e. The third-order valence-electron chi connectivity index (χ3n) is 2.87. The van der Waals surface area contributed by atoms with Crippen molar-refractivity contribution < 1.29 is 9.84 Å². The first-order valence-corrected chi connectivity index (χ1v) is 9.13. The molecule has 1 unspecified atom stereocenters. The maximum Gasteiger partial charge on any atom is 0.122 e. The predicted octanol–water partition coefficient (Wildman–Crippen LogP) is 6.30. The third-order valence-corrected chi connectivity index (χ3v) is 3.05. The Morgan fingerprint density at radius 1 is 1.38 bits per heavy atom. The smallest absolute Gasteiger partial charge is 0.122 e. The van der Waals surface area contributed by atoms with E-state index in [2.05, 4.69) is 33.4 Å². The van der Waals surface area contributed by atoms with Gasteiger partial charge in [-0.1, -0.05) is 44.6 Å². The van der Waals surface area contributed by atoms with Crippen molar-refractivity contribution in [2.24, 2.45) is 0 Å². The number of halogens is 1. The molecule has 138 valence electrons. The number of hydrogen-bond donors (Lipinski definition) is 1. The van der Waals surface area contributed by atoms with Crippen LogP contribution in [0.1, 0.15) is 59.1 Å². The molecular formula is C21H35ClO2. The van der Waals surface area contributed by atoms with Gasteiger partial charge in [0.25, 0.3) is 0 Å². The van der Waals surface area contributed by atoms with Crippen molar-refractivity contribution in [3.63, 3.8) is 0 Å². The van der Waals surface area contributed by atoms with Crippen LogP contribution >= 0.6 is 11.6 Å². The lowest BCUT2D eigenvalue weighted by atomic mass is 10.1. The largest absolute Gasteiger partial charge is 0.493 e. The number of allylic oxidation sites excluding steroid dienone is 3. The van der Waals surface area contributed by atoms with Gasteiger partial charge in [-0.3, -0.25) is 0 Å². The predicted molar refractivity (Wildman–Crippen MR) is 108 cm³/mol. The molecule has 1 atom stereocenters. The summed E-state index contributed by atoms with van der Waals surface area (Å²) in [4.78, 5) is 0. The molecular weight excluding hydrogens is 320 g/mol. The van der Waals surface area contributed by atoms with Gasteiger partial charge in [-0.05, 0) is 50.5 Å². The number of benzene rings is 1. The average Bonchev–Trinajstić information content (AvgIpc) is 3.05. The molecule has 0 aromatic heterocycles. The molecule has 24 heavy (non-hydrogen) atoms. The van der Waals surface area contributed by atoms with Gasteiger partial charge in [-0.2, -0.15) is 0 Å². The minimum absolute atomic E-state index is 0.118. The Morgan fingerprint density at radius 3 is 2.33 bits per heavy atom. The van der Waals surface area contributed by atoms with Crippen molar-refractivity contribution in [1.82, 2.24) is 0 Å². The molecule has 1 heterocycles. The zero-order valence-corrected chi connectivity index (χ0v) is 17.0. The Labute approximate surface area is 154 Å². The van der Waals surface area contributed by atoms with Crippen molar-refractivity contribution >= 4 is 11.6 Å². The Balaban J connectivity index is 0. The maximum absolute atomic E-state index is 8.83. The SMILES string of the molecule is C=CC(C)Cl.CC.CCC=C(C)C.OCc1ccc2c(c1)CCO2. The van der Waals surface area contributed by atoms with E-state index in [-0.39, 0.29) is 12.0 Å². The quantitative estimate of drug-likeness (QED) is 0.509. The first kappa shape index (κ1) is 25.0. The molecule has 0 saturated heterocycles. The zero-order valence-electron chi connectivity index (χ0n) is 16.2. The highest BCUT2D eigenvalue weighted by molar-refractivity contribution is 6.21. The monoisotopic (exact) mass is 354 g/mol. The van der Waals surface area contributed by atoms with E-state index in [1.54, 1.807) is 6.08 Å². The van der Waals surface area contributed by atoms with Crippen LogP contribution in [0, 0.1) is 0 Å². The second kappa shape index (κ2) is 16.6. The summed E-state index contributed by atoms with van der Waals surface area (Å²) in [6.07, 6.45) is 6.03. The van der Waals surface area contributed by atoms with Crippen LogP contribution in [0.2, 0.25) is 0 Å². The molecule has 0 spiro atoms. The lowest BCUT2D eigenvalue weighted by molar-refractivity contribution is 0.281. The number of rotatable bonds is 3. The van der Waals surface area contributed by atoms with Crippen molar-refractivity contribution in [2.45, 2.75) is 66.4 Å². The molecule has 3 heteroatoms. The van der Waals surface area contributed by atoms with E-state index in [0.717, 1.165) is 24.3 Å². The van der Waals surface area contributed by atoms with Crippen LogP contribution in [0.3, 0.4) is 0 Å². The van der Waals surface area contributed by atoms with Gasteiger partial charge < -0.3 is 9.84 Å². The Kier molecular flexibility index (Phi) is 17.3. The number of aliphatic hydroxyl groups excluding tert-OH is 1. The maximum atomic E-state index is 8.83. The highest BCUT2D eigenvalue weighted by Crippen LogP contribution is 2.25. The topological polar surface area (TPSA) is 29.5 Å². The van der Waals surface area contributed by atoms with Gasteiger partial charge >= 0.3 is 0 Å². The van der Waals surface area contributed by atoms with E-state index in [0.29, 0.717) is 0 Å². The average molecular weight is 355 g/mol. The van der Waals surface area contributed by atoms with E-state index in [1.165, 1.54) is 17.6 Å². The van der Waals surface area contributed by atoms with Gasteiger partial charge in [0, 0.05) is 11.8 Å². The number of ether oxygens (including phenoxy) is 1. The van der Waals surface area contributed by atoms with E-state index in [9.17, 15) is 0 Å². The Bertz CT molecular complexity index is 461. The third kappa shape index (κ3) is 13.2. The number of fused-ring (bicyclic) bond motifs is 1. The van der Waals surface area contributed by atoms with Crippen molar-refractivity contribution in [3.05, 3.63) is 53.6 Å². The van der Waals surface area contributed by atoms with Crippen LogP contribution in [0.5, 0.6) is 5.75 Å². The van der Waals surface area contributed by atoms with Crippen LogP contribution in [0.25, 0.3) is 0 Å². The normalized spacial score (nSPS) is 11.7. The molecule has 1 aromatic rings. The summed E-state index contributed by atoms with van der Waals surface area (Å²) in [5.41, 5.74) is 3.60. The molecule has 1 aromatic carbocycles. The second-order valence-corrected chi connectivity index (χ2v) is 5.99. The summed E-state index contributed by atoms with van der Waals surface area (Å²) < 4.78 is 5.32. The van der Waals surface area contributed by atoms with Crippen LogP contribution in [-0.2, 0) is 13.0 Å². The summed E-state index contributed by atoms with van der Waals surface area (Å²) in [6, 6.07) is 5.82. The van der Waals surface area contributed by atoms with E-state index < -0.39 is 0 Å². The summed E-state index contributed by atoms with van der Waals surface area (Å²) in [5.74, 6) is 0.974. The first-order chi connectivity index (χ1) is 11.4. The molecule has 0 bridgehead atoms. The first-order valence-electron chi connectivity index (χ1n) is 8.70. The van der Waals surface area contributed by atoms with Crippen LogP contribution in [0.4, 0.5) is 0 Å². The summed E-state index contributed by atoms with van der Waals surface area (Å²) in [6.45, 7) is 16.6. The number of alkyl halides is 1. The Hall–Kier alpha value is -1.25. The van der Waals surface area contributed by atoms with Crippen LogP contribution in [-0.4, -0.2) is 17.1 Å². The number of aliphatic hydroxyl groups is 1. The lowest BCUT2D eigenvalue weighted by Gasteiger charge is -1.99. The molecule has 0 aliphatic carbocycles. The fourth-order valence-corrected chi connectivity index (χ4v) is 1.75. The van der Waals surface area contributed by atoms with Gasteiger partial charge in [0.05, 0.1) is 13.2 Å². The molecule has 1 aliphatic heterocycles. The fourth-order valence-electron chi connectivity index (χ4n) is 1.75. The zero-order chi connectivity index (χ0) is 19.0. The fraction of sp³-hybridized carbons (Fsp3) is 0.524. The highest BCUT2D eigenvalue weighted by Gasteiger charge is 2.10. The lowest BCUT2D eigenvalue weighted by Crippen LogP contribution is -1.85. The Morgan fingerprint density at radius 2 is 1.96 bits per heavy atom. The molecule has 0 amide bonds. The molecule has 0 fully saturated rings. The van der Waals surface area contributed by atoms with E-state index in [4.69, 9.17) is 21.4 Å². The molecule has 0 saturated carbocycles. The van der Waals surface area contributed by atoms with Crippen LogP contribution < -0.4 is 4.74 Å². The molecule has 1 aliphatic rings. The minimum atomic E-state index is 0.118. The van der Waals surface area contributed by atoms with E-state index in [1.807, 2.05) is 39.0 Å². The standard InChI is InChI=1S/C9H10O2.C6H12.C4H7Cl.C2H6/c10-6-7-1-2-9-8(5-7)3-4-11-9;1-4-5-6(2)3;1-3-4(2)5;1-2/h1-2,5,10H,3-4,6H2;5H,4H2,1-3H3;3-4H,1H2,2H3;1-2H3. The van der Waals surface area contributed by atoms with Gasteiger partial charge in [-0.25, -0.2) is 0 Å². The van der Waals surface area contributed by atoms with Gasteiger partial charge in [0.1, 0.15) is 5.75 Å². The van der Waals surface area contributed by atoms with Crippen molar-refractivity contribution in [2.75, 3.05) is 6.61 Å². The summed E-state index contributed by atoms with van der Waals surface area (Å²) >= 11 is 5.34. The second-order valence-electron chi connectivity index (χ2n) is 5.30. The van der Waals surface area contributed by atoms with Gasteiger partial charge in [-0.15, -0.1) is 18.2 Å².